The molecule has 1 fully saturated rings. The van der Waals surface area contributed by atoms with Crippen molar-refractivity contribution in [1.82, 2.24) is 5.32 Å². The molecule has 14 heavy (non-hydrogen) atoms. The lowest BCUT2D eigenvalue weighted by atomic mass is 10.1. The Balaban J connectivity index is 1.89. The van der Waals surface area contributed by atoms with Gasteiger partial charge in [-0.05, 0) is 49.4 Å². The SMILES string of the molecule is CCc1csc(OC2CCNCC2)c1. The van der Waals surface area contributed by atoms with Crippen LogP contribution in [0.25, 0.3) is 0 Å². The molecule has 0 amide bonds. The molecule has 1 N–H and O–H groups in total. The van der Waals surface area contributed by atoms with Crippen molar-refractivity contribution in [3.8, 4) is 5.06 Å². The first-order valence-corrected chi connectivity index (χ1v) is 6.21. The smallest absolute Gasteiger partial charge is 0.174 e. The zero-order valence-electron chi connectivity index (χ0n) is 8.58. The second-order valence-corrected chi connectivity index (χ2v) is 4.57. The molecular weight excluding hydrogens is 194 g/mol. The fourth-order valence-electron chi connectivity index (χ4n) is 1.68. The van der Waals surface area contributed by atoms with Crippen LogP contribution in [0.1, 0.15) is 25.3 Å². The fourth-order valence-corrected chi connectivity index (χ4v) is 2.59. The predicted octanol–water partition coefficient (Wildman–Crippen LogP) is 2.44. The van der Waals surface area contributed by atoms with Crippen LogP contribution in [0, 0.1) is 0 Å². The molecule has 1 aromatic rings. The molecule has 0 aliphatic carbocycles. The first-order valence-electron chi connectivity index (χ1n) is 5.33. The van der Waals surface area contributed by atoms with Gasteiger partial charge in [-0.3, -0.25) is 0 Å². The highest BCUT2D eigenvalue weighted by Gasteiger charge is 2.14. The van der Waals surface area contributed by atoms with Crippen molar-refractivity contribution in [2.45, 2.75) is 32.3 Å². The van der Waals surface area contributed by atoms with Crippen LogP contribution in [0.4, 0.5) is 0 Å². The van der Waals surface area contributed by atoms with Gasteiger partial charge in [-0.1, -0.05) is 6.92 Å². The fraction of sp³-hybridized carbons (Fsp3) is 0.636. The topological polar surface area (TPSA) is 21.3 Å². The molecule has 0 unspecified atom stereocenters. The summed E-state index contributed by atoms with van der Waals surface area (Å²) < 4.78 is 5.92. The van der Waals surface area contributed by atoms with Gasteiger partial charge in [0.1, 0.15) is 6.10 Å². The lowest BCUT2D eigenvalue weighted by Gasteiger charge is -2.22. The molecule has 1 aromatic heterocycles. The molecule has 0 bridgehead atoms. The van der Waals surface area contributed by atoms with Gasteiger partial charge in [0.2, 0.25) is 0 Å². The Morgan fingerprint density at radius 3 is 2.93 bits per heavy atom. The number of hydrogen-bond acceptors (Lipinski definition) is 3. The molecule has 0 saturated carbocycles. The minimum absolute atomic E-state index is 0.430. The van der Waals surface area contributed by atoms with Crippen LogP contribution in [0.5, 0.6) is 5.06 Å². The molecule has 3 heteroatoms. The predicted molar refractivity (Wildman–Crippen MR) is 60.2 cm³/mol. The van der Waals surface area contributed by atoms with Crippen molar-refractivity contribution in [3.63, 3.8) is 0 Å². The molecule has 1 aliphatic rings. The van der Waals surface area contributed by atoms with E-state index in [1.54, 1.807) is 11.3 Å². The van der Waals surface area contributed by atoms with E-state index in [4.69, 9.17) is 4.74 Å². The summed E-state index contributed by atoms with van der Waals surface area (Å²) in [6.07, 6.45) is 3.81. The Kier molecular flexibility index (Phi) is 3.43. The molecule has 1 aliphatic heterocycles. The molecule has 0 radical (unpaired) electrons. The molecule has 0 atom stereocenters. The zero-order chi connectivity index (χ0) is 9.80. The van der Waals surface area contributed by atoms with Crippen LogP contribution in [0.3, 0.4) is 0 Å². The Bertz CT molecular complexity index is 279. The number of piperidine rings is 1. The van der Waals surface area contributed by atoms with E-state index in [-0.39, 0.29) is 0 Å². The highest BCUT2D eigenvalue weighted by atomic mass is 32.1. The number of thiophene rings is 1. The average molecular weight is 211 g/mol. The minimum Gasteiger partial charge on any atom is -0.481 e. The van der Waals surface area contributed by atoms with E-state index in [1.165, 1.54) is 5.56 Å². The Hall–Kier alpha value is -0.540. The maximum Gasteiger partial charge on any atom is 0.174 e. The number of nitrogens with one attached hydrogen (secondary N) is 1. The van der Waals surface area contributed by atoms with Gasteiger partial charge in [0, 0.05) is 0 Å². The zero-order valence-corrected chi connectivity index (χ0v) is 9.40. The number of ether oxygens (including phenoxy) is 1. The van der Waals surface area contributed by atoms with Gasteiger partial charge in [-0.15, -0.1) is 11.3 Å². The van der Waals surface area contributed by atoms with Crippen LogP contribution in [-0.4, -0.2) is 19.2 Å². The van der Waals surface area contributed by atoms with Crippen molar-refractivity contribution in [1.29, 1.82) is 0 Å². The summed E-state index contributed by atoms with van der Waals surface area (Å²) in [7, 11) is 0. The molecule has 2 rings (SSSR count). The summed E-state index contributed by atoms with van der Waals surface area (Å²) in [5.41, 5.74) is 1.39. The van der Waals surface area contributed by atoms with E-state index >= 15 is 0 Å². The largest absolute Gasteiger partial charge is 0.481 e. The highest BCUT2D eigenvalue weighted by molar-refractivity contribution is 7.12. The molecular formula is C11H17NOS. The lowest BCUT2D eigenvalue weighted by Crippen LogP contribution is -2.33. The second kappa shape index (κ2) is 4.80. The summed E-state index contributed by atoms with van der Waals surface area (Å²) in [4.78, 5) is 0. The molecule has 2 nitrogen and oxygen atoms in total. The molecule has 0 aromatic carbocycles. The van der Waals surface area contributed by atoms with Crippen molar-refractivity contribution >= 4 is 11.3 Å². The molecule has 2 heterocycles. The van der Waals surface area contributed by atoms with Gasteiger partial charge >= 0.3 is 0 Å². The van der Waals surface area contributed by atoms with Gasteiger partial charge in [-0.25, -0.2) is 0 Å². The summed E-state index contributed by atoms with van der Waals surface area (Å²) in [6.45, 7) is 4.36. The average Bonchev–Trinajstić information content (AvgIpc) is 2.67. The third-order valence-electron chi connectivity index (χ3n) is 2.61. The molecule has 0 spiro atoms. The normalized spacial score (nSPS) is 18.4. The maximum absolute atomic E-state index is 5.92. The van der Waals surface area contributed by atoms with Crippen LogP contribution < -0.4 is 10.1 Å². The second-order valence-electron chi connectivity index (χ2n) is 3.69. The van der Waals surface area contributed by atoms with E-state index < -0.39 is 0 Å². The van der Waals surface area contributed by atoms with Crippen LogP contribution in [-0.2, 0) is 6.42 Å². The highest BCUT2D eigenvalue weighted by Crippen LogP contribution is 2.25. The Morgan fingerprint density at radius 1 is 1.50 bits per heavy atom. The van der Waals surface area contributed by atoms with E-state index in [2.05, 4.69) is 23.7 Å². The minimum atomic E-state index is 0.430. The van der Waals surface area contributed by atoms with E-state index in [0.717, 1.165) is 37.4 Å². The summed E-state index contributed by atoms with van der Waals surface area (Å²) in [6, 6.07) is 2.17. The number of hydrogen-bond donors (Lipinski definition) is 1. The van der Waals surface area contributed by atoms with Crippen molar-refractivity contribution < 1.29 is 4.74 Å². The van der Waals surface area contributed by atoms with Crippen molar-refractivity contribution in [2.75, 3.05) is 13.1 Å². The van der Waals surface area contributed by atoms with E-state index in [1.807, 2.05) is 0 Å². The summed E-state index contributed by atoms with van der Waals surface area (Å²) in [5.74, 6) is 0. The van der Waals surface area contributed by atoms with Gasteiger partial charge < -0.3 is 10.1 Å². The summed E-state index contributed by atoms with van der Waals surface area (Å²) >= 11 is 1.73. The van der Waals surface area contributed by atoms with Gasteiger partial charge in [0.05, 0.1) is 0 Å². The van der Waals surface area contributed by atoms with Crippen molar-refractivity contribution in [2.24, 2.45) is 0 Å². The van der Waals surface area contributed by atoms with Gasteiger partial charge in [0.15, 0.2) is 5.06 Å². The van der Waals surface area contributed by atoms with Gasteiger partial charge in [0.25, 0.3) is 0 Å². The Morgan fingerprint density at radius 2 is 2.29 bits per heavy atom. The Labute approximate surface area is 89.3 Å². The first kappa shape index (κ1) is 9.99. The first-order chi connectivity index (χ1) is 6.88. The molecule has 78 valence electrons. The monoisotopic (exact) mass is 211 g/mol. The van der Waals surface area contributed by atoms with Crippen LogP contribution in [0.15, 0.2) is 11.4 Å². The van der Waals surface area contributed by atoms with E-state index in [9.17, 15) is 0 Å². The maximum atomic E-state index is 5.92. The van der Waals surface area contributed by atoms with Gasteiger partial charge in [-0.2, -0.15) is 0 Å². The van der Waals surface area contributed by atoms with Crippen LogP contribution >= 0.6 is 11.3 Å². The quantitative estimate of drug-likeness (QED) is 0.829. The third-order valence-corrected chi connectivity index (χ3v) is 3.47. The number of rotatable bonds is 3. The molecule has 1 saturated heterocycles. The van der Waals surface area contributed by atoms with E-state index in [0.29, 0.717) is 6.10 Å². The standard InChI is InChI=1S/C11H17NOS/c1-2-9-7-11(14-8-9)13-10-3-5-12-6-4-10/h7-8,10,12H,2-6H2,1H3. The van der Waals surface area contributed by atoms with Crippen LogP contribution in [0.2, 0.25) is 0 Å². The third kappa shape index (κ3) is 2.49. The lowest BCUT2D eigenvalue weighted by molar-refractivity contribution is 0.168. The van der Waals surface area contributed by atoms with Crippen molar-refractivity contribution in [3.05, 3.63) is 17.0 Å². The number of aryl methyl sites for hydroxylation is 1. The summed E-state index contributed by atoms with van der Waals surface area (Å²) in [5, 5.41) is 6.62.